The number of nitrogens with two attached hydrogens (primary N) is 1. The second-order valence-corrected chi connectivity index (χ2v) is 5.67. The molecule has 0 saturated heterocycles. The molecule has 0 atom stereocenters. The van der Waals surface area contributed by atoms with Crippen molar-refractivity contribution in [3.63, 3.8) is 0 Å². The van der Waals surface area contributed by atoms with Crippen LogP contribution < -0.4 is 10.5 Å². The number of carbonyl (C=O) groups is 1. The number of aryl methyl sites for hydroxylation is 1. The maximum Gasteiger partial charge on any atom is 0.412 e. The number of hydrogen-bond donors (Lipinski definition) is 1. The van der Waals surface area contributed by atoms with Crippen LogP contribution >= 0.6 is 0 Å². The summed E-state index contributed by atoms with van der Waals surface area (Å²) in [5, 5.41) is 4.25. The van der Waals surface area contributed by atoms with Crippen molar-refractivity contribution >= 4 is 6.09 Å². The highest BCUT2D eigenvalue weighted by Crippen LogP contribution is 2.47. The molecule has 8 heteroatoms. The first-order valence-corrected chi connectivity index (χ1v) is 6.91. The van der Waals surface area contributed by atoms with Gasteiger partial charge in [0.2, 0.25) is 0 Å². The average Bonchev–Trinajstić information content (AvgIpc) is 3.10. The van der Waals surface area contributed by atoms with E-state index >= 15 is 0 Å². The van der Waals surface area contributed by atoms with Crippen LogP contribution in [-0.2, 0) is 6.54 Å². The zero-order valence-corrected chi connectivity index (χ0v) is 12.1. The molecule has 0 bridgehead atoms. The molecule has 116 valence electrons. The monoisotopic (exact) mass is 305 g/mol. The molecule has 1 aliphatic carbocycles. The van der Waals surface area contributed by atoms with Gasteiger partial charge in [0.1, 0.15) is 0 Å². The minimum absolute atomic E-state index is 0.108. The maximum atomic E-state index is 13.0. The van der Waals surface area contributed by atoms with E-state index in [1.54, 1.807) is 23.3 Å². The fraction of sp³-hybridized carbons (Fsp3) is 0.429. The van der Waals surface area contributed by atoms with Gasteiger partial charge in [-0.25, -0.2) is 9.78 Å². The first kappa shape index (κ1) is 14.4. The van der Waals surface area contributed by atoms with Crippen LogP contribution in [0.1, 0.15) is 18.4 Å². The highest BCUT2D eigenvalue weighted by atomic mass is 19.1. The standard InChI is InChI=1S/C14H16FN5O2/c1-9-4-17-13(22-12(16)21)19-11(9)10-5-18-20(6-10)8-14(7-15)2-3-14/h4-6H,2-3,7-8H2,1H3,(H2,16,21). The first-order valence-electron chi connectivity index (χ1n) is 6.91. The normalized spacial score (nSPS) is 15.5. The smallest absolute Gasteiger partial charge is 0.374 e. The molecule has 0 radical (unpaired) electrons. The molecule has 0 spiro atoms. The van der Waals surface area contributed by atoms with Crippen molar-refractivity contribution in [3.05, 3.63) is 24.2 Å². The molecule has 1 amide bonds. The van der Waals surface area contributed by atoms with E-state index < -0.39 is 6.09 Å². The Morgan fingerprint density at radius 3 is 2.91 bits per heavy atom. The number of aromatic nitrogens is 4. The molecular formula is C14H16FN5O2. The van der Waals surface area contributed by atoms with Crippen molar-refractivity contribution in [1.29, 1.82) is 0 Å². The summed E-state index contributed by atoms with van der Waals surface area (Å²) >= 11 is 0. The molecule has 0 aromatic carbocycles. The molecule has 1 aliphatic rings. The SMILES string of the molecule is Cc1cnc(OC(N)=O)nc1-c1cnn(CC2(CF)CC2)c1. The fourth-order valence-electron chi connectivity index (χ4n) is 2.28. The number of ether oxygens (including phenoxy) is 1. The molecule has 0 aliphatic heterocycles. The third kappa shape index (κ3) is 2.90. The van der Waals surface area contributed by atoms with Crippen LogP contribution in [0.5, 0.6) is 6.01 Å². The van der Waals surface area contributed by atoms with Crippen LogP contribution in [0.2, 0.25) is 0 Å². The van der Waals surface area contributed by atoms with Gasteiger partial charge in [-0.1, -0.05) is 0 Å². The minimum Gasteiger partial charge on any atom is -0.374 e. The van der Waals surface area contributed by atoms with E-state index in [4.69, 9.17) is 5.73 Å². The van der Waals surface area contributed by atoms with Gasteiger partial charge in [-0.3, -0.25) is 9.07 Å². The number of rotatable bonds is 5. The fourth-order valence-corrected chi connectivity index (χ4v) is 2.28. The van der Waals surface area contributed by atoms with Crippen molar-refractivity contribution in [3.8, 4) is 17.3 Å². The summed E-state index contributed by atoms with van der Waals surface area (Å²) in [6.45, 7) is 2.06. The molecule has 22 heavy (non-hydrogen) atoms. The number of amides is 1. The van der Waals surface area contributed by atoms with Crippen molar-refractivity contribution < 1.29 is 13.9 Å². The van der Waals surface area contributed by atoms with Crippen LogP contribution in [0, 0.1) is 12.3 Å². The van der Waals surface area contributed by atoms with Gasteiger partial charge in [0, 0.05) is 29.9 Å². The minimum atomic E-state index is -0.968. The van der Waals surface area contributed by atoms with E-state index in [0.29, 0.717) is 12.2 Å². The van der Waals surface area contributed by atoms with Crippen LogP contribution in [0.25, 0.3) is 11.3 Å². The zero-order chi connectivity index (χ0) is 15.7. The number of halogens is 1. The molecular weight excluding hydrogens is 289 g/mol. The van der Waals surface area contributed by atoms with Crippen molar-refractivity contribution in [1.82, 2.24) is 19.7 Å². The lowest BCUT2D eigenvalue weighted by Gasteiger charge is -2.09. The third-order valence-corrected chi connectivity index (χ3v) is 3.79. The predicted molar refractivity (Wildman–Crippen MR) is 75.8 cm³/mol. The molecule has 1 saturated carbocycles. The number of carbonyl (C=O) groups excluding carboxylic acids is 1. The van der Waals surface area contributed by atoms with E-state index in [9.17, 15) is 9.18 Å². The predicted octanol–water partition coefficient (Wildman–Crippen LogP) is 1.86. The second-order valence-electron chi connectivity index (χ2n) is 5.67. The number of primary amides is 1. The average molecular weight is 305 g/mol. The second kappa shape index (κ2) is 5.36. The topological polar surface area (TPSA) is 95.9 Å². The quantitative estimate of drug-likeness (QED) is 0.909. The third-order valence-electron chi connectivity index (χ3n) is 3.79. The van der Waals surface area contributed by atoms with Gasteiger partial charge in [0.05, 0.1) is 18.6 Å². The van der Waals surface area contributed by atoms with Crippen LogP contribution in [0.4, 0.5) is 9.18 Å². The van der Waals surface area contributed by atoms with Gasteiger partial charge in [-0.2, -0.15) is 10.1 Å². The summed E-state index contributed by atoms with van der Waals surface area (Å²) in [5.74, 6) is 0. The lowest BCUT2D eigenvalue weighted by molar-refractivity contribution is 0.207. The highest BCUT2D eigenvalue weighted by Gasteiger charge is 2.43. The summed E-state index contributed by atoms with van der Waals surface area (Å²) in [5.41, 5.74) is 6.87. The molecule has 2 aromatic rings. The van der Waals surface area contributed by atoms with Crippen LogP contribution in [-0.4, -0.2) is 32.5 Å². The lowest BCUT2D eigenvalue weighted by atomic mass is 10.1. The Labute approximate surface area is 126 Å². The lowest BCUT2D eigenvalue weighted by Crippen LogP contribution is -2.18. The summed E-state index contributed by atoms with van der Waals surface area (Å²) in [4.78, 5) is 18.8. The zero-order valence-electron chi connectivity index (χ0n) is 12.1. The molecule has 2 heterocycles. The summed E-state index contributed by atoms with van der Waals surface area (Å²) < 4.78 is 19.4. The Morgan fingerprint density at radius 2 is 2.27 bits per heavy atom. The van der Waals surface area contributed by atoms with Gasteiger partial charge in [-0.05, 0) is 25.3 Å². The molecule has 3 rings (SSSR count). The molecule has 2 aromatic heterocycles. The Bertz CT molecular complexity index is 711. The molecule has 7 nitrogen and oxygen atoms in total. The number of nitrogens with zero attached hydrogens (tertiary/aromatic N) is 4. The van der Waals surface area contributed by atoms with Crippen LogP contribution in [0.15, 0.2) is 18.6 Å². The van der Waals surface area contributed by atoms with E-state index in [-0.39, 0.29) is 18.1 Å². The van der Waals surface area contributed by atoms with Gasteiger partial charge in [-0.15, -0.1) is 0 Å². The molecule has 1 fully saturated rings. The summed E-state index contributed by atoms with van der Waals surface area (Å²) in [7, 11) is 0. The number of hydrogen-bond acceptors (Lipinski definition) is 5. The number of alkyl halides is 1. The highest BCUT2D eigenvalue weighted by molar-refractivity contribution is 5.67. The van der Waals surface area contributed by atoms with E-state index in [1.165, 1.54) is 0 Å². The molecule has 0 unspecified atom stereocenters. The van der Waals surface area contributed by atoms with Crippen molar-refractivity contribution in [2.45, 2.75) is 26.3 Å². The van der Waals surface area contributed by atoms with Gasteiger partial charge in [0.15, 0.2) is 0 Å². The van der Waals surface area contributed by atoms with E-state index in [1.807, 2.05) is 6.92 Å². The van der Waals surface area contributed by atoms with Crippen LogP contribution in [0.3, 0.4) is 0 Å². The van der Waals surface area contributed by atoms with Crippen molar-refractivity contribution in [2.75, 3.05) is 6.67 Å². The van der Waals surface area contributed by atoms with Gasteiger partial charge in [0.25, 0.3) is 0 Å². The maximum absolute atomic E-state index is 13.0. The van der Waals surface area contributed by atoms with Gasteiger partial charge >= 0.3 is 12.1 Å². The van der Waals surface area contributed by atoms with Gasteiger partial charge < -0.3 is 10.5 Å². The molecule has 2 N–H and O–H groups in total. The summed E-state index contributed by atoms with van der Waals surface area (Å²) in [6, 6.07) is -0.108. The van der Waals surface area contributed by atoms with E-state index in [0.717, 1.165) is 24.0 Å². The Hall–Kier alpha value is -2.51. The first-order chi connectivity index (χ1) is 10.5. The van der Waals surface area contributed by atoms with Crippen molar-refractivity contribution in [2.24, 2.45) is 11.1 Å². The largest absolute Gasteiger partial charge is 0.412 e. The Kier molecular flexibility index (Phi) is 3.51. The van der Waals surface area contributed by atoms with E-state index in [2.05, 4.69) is 19.8 Å². The summed E-state index contributed by atoms with van der Waals surface area (Å²) in [6.07, 6.45) is 5.81. The Balaban J connectivity index is 1.84. The Morgan fingerprint density at radius 1 is 1.50 bits per heavy atom.